The standard InChI is InChI=1S/C27H24N2O4/c1-19(30)33-26-15-20(12-14-25(26)32-2)11-13-24(31)16-22-9-6-10-23-17-28-29(27(22)23)18-21-7-4-3-5-8-21/h3-15,17H,16,18H2,1-2H3/b13-11+. The molecule has 4 rings (SSSR count). The Morgan fingerprint density at radius 1 is 1.00 bits per heavy atom. The van der Waals surface area contributed by atoms with Crippen molar-refractivity contribution < 1.29 is 19.1 Å². The number of hydrogen-bond acceptors (Lipinski definition) is 5. The van der Waals surface area contributed by atoms with Crippen molar-refractivity contribution in [1.29, 1.82) is 0 Å². The van der Waals surface area contributed by atoms with E-state index in [2.05, 4.69) is 17.2 Å². The first-order valence-corrected chi connectivity index (χ1v) is 10.6. The molecular weight excluding hydrogens is 416 g/mol. The highest BCUT2D eigenvalue weighted by Gasteiger charge is 2.11. The van der Waals surface area contributed by atoms with Gasteiger partial charge in [0.1, 0.15) is 0 Å². The number of fused-ring (bicyclic) bond motifs is 1. The highest BCUT2D eigenvalue weighted by Crippen LogP contribution is 2.29. The molecule has 0 spiro atoms. The summed E-state index contributed by atoms with van der Waals surface area (Å²) in [5.74, 6) is 0.284. The van der Waals surface area contributed by atoms with Crippen LogP contribution in [0.5, 0.6) is 11.5 Å². The summed E-state index contributed by atoms with van der Waals surface area (Å²) in [5, 5.41) is 5.54. The topological polar surface area (TPSA) is 70.4 Å². The number of ether oxygens (including phenoxy) is 2. The highest BCUT2D eigenvalue weighted by atomic mass is 16.6. The molecule has 0 aliphatic heterocycles. The first kappa shape index (κ1) is 22.0. The molecule has 0 bridgehead atoms. The average Bonchev–Trinajstić information content (AvgIpc) is 3.22. The zero-order valence-corrected chi connectivity index (χ0v) is 18.5. The molecule has 1 heterocycles. The third kappa shape index (κ3) is 5.36. The Morgan fingerprint density at radius 2 is 1.82 bits per heavy atom. The fraction of sp³-hybridized carbons (Fsp3) is 0.148. The van der Waals surface area contributed by atoms with Crippen LogP contribution in [0.25, 0.3) is 17.0 Å². The van der Waals surface area contributed by atoms with Gasteiger partial charge in [-0.1, -0.05) is 60.7 Å². The van der Waals surface area contributed by atoms with Crippen molar-refractivity contribution in [3.63, 3.8) is 0 Å². The molecule has 0 amide bonds. The molecule has 0 radical (unpaired) electrons. The van der Waals surface area contributed by atoms with Gasteiger partial charge in [-0.25, -0.2) is 0 Å². The number of rotatable bonds is 8. The summed E-state index contributed by atoms with van der Waals surface area (Å²) in [4.78, 5) is 24.1. The number of esters is 1. The Hall–Kier alpha value is -4.19. The van der Waals surface area contributed by atoms with Crippen molar-refractivity contribution >= 4 is 28.7 Å². The van der Waals surface area contributed by atoms with Crippen LogP contribution in [0.4, 0.5) is 0 Å². The van der Waals surface area contributed by atoms with Gasteiger partial charge in [-0.15, -0.1) is 0 Å². The van der Waals surface area contributed by atoms with Gasteiger partial charge in [0.15, 0.2) is 17.3 Å². The Kier molecular flexibility index (Phi) is 6.64. The molecular formula is C27H24N2O4. The molecule has 33 heavy (non-hydrogen) atoms. The molecule has 6 nitrogen and oxygen atoms in total. The van der Waals surface area contributed by atoms with Crippen LogP contribution in [0.3, 0.4) is 0 Å². The van der Waals surface area contributed by atoms with Gasteiger partial charge < -0.3 is 9.47 Å². The lowest BCUT2D eigenvalue weighted by atomic mass is 10.0. The number of allylic oxidation sites excluding steroid dienone is 1. The van der Waals surface area contributed by atoms with Crippen LogP contribution in [-0.2, 0) is 22.6 Å². The Labute approximate surface area is 192 Å². The van der Waals surface area contributed by atoms with E-state index in [0.717, 1.165) is 27.6 Å². The first-order chi connectivity index (χ1) is 16.0. The van der Waals surface area contributed by atoms with Gasteiger partial charge in [0.25, 0.3) is 0 Å². The van der Waals surface area contributed by atoms with Crippen LogP contribution < -0.4 is 9.47 Å². The maximum atomic E-state index is 12.8. The number of benzene rings is 3. The molecule has 0 saturated carbocycles. The van der Waals surface area contributed by atoms with Gasteiger partial charge in [-0.05, 0) is 34.9 Å². The van der Waals surface area contributed by atoms with E-state index in [0.29, 0.717) is 18.0 Å². The predicted octanol–water partition coefficient (Wildman–Crippen LogP) is 4.84. The largest absolute Gasteiger partial charge is 0.493 e. The minimum Gasteiger partial charge on any atom is -0.493 e. The number of para-hydroxylation sites is 1. The van der Waals surface area contributed by atoms with E-state index in [4.69, 9.17) is 9.47 Å². The summed E-state index contributed by atoms with van der Waals surface area (Å²) in [6.07, 6.45) is 5.32. The van der Waals surface area contributed by atoms with Gasteiger partial charge in [-0.2, -0.15) is 5.10 Å². The fourth-order valence-electron chi connectivity index (χ4n) is 3.71. The number of carbonyl (C=O) groups excluding carboxylic acids is 2. The van der Waals surface area contributed by atoms with Gasteiger partial charge in [0.05, 0.1) is 25.4 Å². The fourth-order valence-corrected chi connectivity index (χ4v) is 3.71. The van der Waals surface area contributed by atoms with Crippen LogP contribution in [0.15, 0.2) is 79.0 Å². The molecule has 0 saturated heterocycles. The minimum atomic E-state index is -0.439. The number of carbonyl (C=O) groups is 2. The lowest BCUT2D eigenvalue weighted by Crippen LogP contribution is -2.06. The molecule has 0 atom stereocenters. The second-order valence-electron chi connectivity index (χ2n) is 7.62. The van der Waals surface area contributed by atoms with Crippen LogP contribution in [0.2, 0.25) is 0 Å². The Morgan fingerprint density at radius 3 is 2.58 bits per heavy atom. The highest BCUT2D eigenvalue weighted by molar-refractivity contribution is 5.97. The minimum absolute atomic E-state index is 0.0418. The molecule has 4 aromatic rings. The monoisotopic (exact) mass is 440 g/mol. The summed E-state index contributed by atoms with van der Waals surface area (Å²) < 4.78 is 12.3. The maximum absolute atomic E-state index is 12.8. The number of nitrogens with zero attached hydrogens (tertiary/aromatic N) is 2. The molecule has 6 heteroatoms. The van der Waals surface area contributed by atoms with Crippen molar-refractivity contribution in [3.05, 3.63) is 95.7 Å². The van der Waals surface area contributed by atoms with Gasteiger partial charge >= 0.3 is 5.97 Å². The van der Waals surface area contributed by atoms with Crippen molar-refractivity contribution in [2.45, 2.75) is 19.9 Å². The van der Waals surface area contributed by atoms with Gasteiger partial charge in [-0.3, -0.25) is 14.3 Å². The van der Waals surface area contributed by atoms with E-state index < -0.39 is 5.97 Å². The van der Waals surface area contributed by atoms with Crippen molar-refractivity contribution in [2.75, 3.05) is 7.11 Å². The zero-order chi connectivity index (χ0) is 23.2. The molecule has 166 valence electrons. The lowest BCUT2D eigenvalue weighted by Gasteiger charge is -2.09. The van der Waals surface area contributed by atoms with Crippen molar-refractivity contribution in [1.82, 2.24) is 9.78 Å². The normalized spacial score (nSPS) is 11.1. The summed E-state index contributed by atoms with van der Waals surface area (Å²) in [5.41, 5.74) is 3.76. The molecule has 0 N–H and O–H groups in total. The number of ketones is 1. The lowest BCUT2D eigenvalue weighted by molar-refractivity contribution is -0.132. The van der Waals surface area contributed by atoms with E-state index in [1.807, 2.05) is 47.3 Å². The van der Waals surface area contributed by atoms with E-state index in [9.17, 15) is 9.59 Å². The number of hydrogen-bond donors (Lipinski definition) is 0. The maximum Gasteiger partial charge on any atom is 0.308 e. The van der Waals surface area contributed by atoms with E-state index in [1.54, 1.807) is 24.3 Å². The van der Waals surface area contributed by atoms with E-state index in [1.165, 1.54) is 20.1 Å². The smallest absolute Gasteiger partial charge is 0.308 e. The Bertz CT molecular complexity index is 1320. The van der Waals surface area contributed by atoms with Crippen LogP contribution >= 0.6 is 0 Å². The van der Waals surface area contributed by atoms with Crippen LogP contribution in [0, 0.1) is 0 Å². The molecule has 0 aliphatic carbocycles. The zero-order valence-electron chi connectivity index (χ0n) is 18.5. The van der Waals surface area contributed by atoms with Gasteiger partial charge in [0.2, 0.25) is 0 Å². The SMILES string of the molecule is COc1ccc(/C=C/C(=O)Cc2cccc3cnn(Cc4ccccc4)c23)cc1OC(C)=O. The predicted molar refractivity (Wildman–Crippen MR) is 127 cm³/mol. The van der Waals surface area contributed by atoms with Crippen LogP contribution in [0.1, 0.15) is 23.6 Å². The molecule has 1 aromatic heterocycles. The van der Waals surface area contributed by atoms with Crippen molar-refractivity contribution in [3.8, 4) is 11.5 Å². The van der Waals surface area contributed by atoms with E-state index in [-0.39, 0.29) is 12.2 Å². The molecule has 0 unspecified atom stereocenters. The second-order valence-corrected chi connectivity index (χ2v) is 7.62. The van der Waals surface area contributed by atoms with Gasteiger partial charge in [0, 0.05) is 18.7 Å². The number of methoxy groups -OCH3 is 1. The number of aromatic nitrogens is 2. The summed E-state index contributed by atoms with van der Waals surface area (Å²) in [6.45, 7) is 1.96. The Balaban J connectivity index is 1.54. The second kappa shape index (κ2) is 9.96. The van der Waals surface area contributed by atoms with Crippen molar-refractivity contribution in [2.24, 2.45) is 0 Å². The van der Waals surface area contributed by atoms with E-state index >= 15 is 0 Å². The molecule has 3 aromatic carbocycles. The quantitative estimate of drug-likeness (QED) is 0.223. The summed E-state index contributed by atoms with van der Waals surface area (Å²) in [6, 6.07) is 21.2. The first-order valence-electron chi connectivity index (χ1n) is 10.6. The molecule has 0 aliphatic rings. The molecule has 0 fully saturated rings. The third-order valence-electron chi connectivity index (χ3n) is 5.19. The van der Waals surface area contributed by atoms with Crippen LogP contribution in [-0.4, -0.2) is 28.6 Å². The third-order valence-corrected chi connectivity index (χ3v) is 5.19. The summed E-state index contributed by atoms with van der Waals surface area (Å²) in [7, 11) is 1.50. The summed E-state index contributed by atoms with van der Waals surface area (Å²) >= 11 is 0. The average molecular weight is 440 g/mol.